The van der Waals surface area contributed by atoms with Crippen LogP contribution in [-0.4, -0.2) is 105 Å². The van der Waals surface area contributed by atoms with E-state index in [1.54, 1.807) is 6.08 Å². The van der Waals surface area contributed by atoms with E-state index in [1.165, 1.54) is 44.9 Å². The quantitative estimate of drug-likeness (QED) is 0.0654. The first-order valence-corrected chi connectivity index (χ1v) is 14.6. The number of rotatable bonds is 33. The molecule has 0 amide bonds. The molecule has 0 aliphatic carbocycles. The molecule has 0 saturated carbocycles. The van der Waals surface area contributed by atoms with Crippen LogP contribution in [0.15, 0.2) is 12.7 Å². The lowest BCUT2D eigenvalue weighted by atomic mass is 10.1. The summed E-state index contributed by atoms with van der Waals surface area (Å²) in [5, 5.41) is 0. The SMILES string of the molecule is C=CCOCCOCCOCCOCCOCCOCCOCCOC(=O)CCCCCCCCCCC. The Bertz CT molecular complexity index is 477. The monoisotopic (exact) mass is 548 g/mol. The van der Waals surface area contributed by atoms with Gasteiger partial charge in [-0.05, 0) is 6.42 Å². The van der Waals surface area contributed by atoms with Gasteiger partial charge in [-0.1, -0.05) is 64.4 Å². The van der Waals surface area contributed by atoms with Crippen LogP contribution >= 0.6 is 0 Å². The molecule has 9 nitrogen and oxygen atoms in total. The van der Waals surface area contributed by atoms with Crippen LogP contribution in [0.3, 0.4) is 0 Å². The van der Waals surface area contributed by atoms with Gasteiger partial charge in [0, 0.05) is 6.42 Å². The molecule has 0 bridgehead atoms. The largest absolute Gasteiger partial charge is 0.463 e. The summed E-state index contributed by atoms with van der Waals surface area (Å²) in [5.74, 6) is -0.131. The molecule has 0 spiro atoms. The van der Waals surface area contributed by atoms with Crippen molar-refractivity contribution in [3.63, 3.8) is 0 Å². The minimum Gasteiger partial charge on any atom is -0.463 e. The van der Waals surface area contributed by atoms with Crippen molar-refractivity contribution in [1.29, 1.82) is 0 Å². The molecule has 0 aromatic rings. The van der Waals surface area contributed by atoms with Crippen LogP contribution < -0.4 is 0 Å². The maximum absolute atomic E-state index is 11.7. The summed E-state index contributed by atoms with van der Waals surface area (Å²) in [5.41, 5.74) is 0. The summed E-state index contributed by atoms with van der Waals surface area (Å²) in [4.78, 5) is 11.7. The molecule has 0 aliphatic rings. The summed E-state index contributed by atoms with van der Waals surface area (Å²) >= 11 is 0. The van der Waals surface area contributed by atoms with E-state index in [9.17, 15) is 4.79 Å². The van der Waals surface area contributed by atoms with E-state index in [4.69, 9.17) is 37.9 Å². The van der Waals surface area contributed by atoms with Gasteiger partial charge in [0.1, 0.15) is 6.61 Å². The molecule has 0 N–H and O–H groups in total. The van der Waals surface area contributed by atoms with Crippen LogP contribution in [0.25, 0.3) is 0 Å². The highest BCUT2D eigenvalue weighted by molar-refractivity contribution is 5.69. The second-order valence-electron chi connectivity index (χ2n) is 8.84. The van der Waals surface area contributed by atoms with Gasteiger partial charge in [0.15, 0.2) is 0 Å². The lowest BCUT2D eigenvalue weighted by Crippen LogP contribution is -2.15. The Kier molecular flexibility index (Phi) is 33.0. The van der Waals surface area contributed by atoms with Gasteiger partial charge in [-0.3, -0.25) is 4.79 Å². The lowest BCUT2D eigenvalue weighted by molar-refractivity contribution is -0.145. The first-order chi connectivity index (χ1) is 18.8. The Balaban J connectivity index is 3.12. The van der Waals surface area contributed by atoms with Gasteiger partial charge < -0.3 is 37.9 Å². The van der Waals surface area contributed by atoms with Crippen LogP contribution in [0.5, 0.6) is 0 Å². The molecule has 0 aliphatic heterocycles. The normalized spacial score (nSPS) is 11.2. The van der Waals surface area contributed by atoms with Crippen LogP contribution in [-0.2, 0) is 42.7 Å². The maximum Gasteiger partial charge on any atom is 0.305 e. The number of hydrogen-bond acceptors (Lipinski definition) is 9. The topological polar surface area (TPSA) is 90.9 Å². The number of hydrogen-bond donors (Lipinski definition) is 0. The first kappa shape index (κ1) is 36.9. The molecular weight excluding hydrogens is 492 g/mol. The van der Waals surface area contributed by atoms with Crippen molar-refractivity contribution in [3.8, 4) is 0 Å². The average molecular weight is 549 g/mol. The van der Waals surface area contributed by atoms with E-state index < -0.39 is 0 Å². The summed E-state index contributed by atoms with van der Waals surface area (Å²) in [6, 6.07) is 0. The molecule has 0 saturated heterocycles. The second kappa shape index (κ2) is 34.0. The fourth-order valence-electron chi connectivity index (χ4n) is 3.35. The molecule has 0 aromatic carbocycles. The zero-order valence-electron chi connectivity index (χ0n) is 24.1. The van der Waals surface area contributed by atoms with E-state index in [-0.39, 0.29) is 5.97 Å². The summed E-state index contributed by atoms with van der Waals surface area (Å²) < 4.78 is 43.0. The number of carbonyl (C=O) groups is 1. The summed E-state index contributed by atoms with van der Waals surface area (Å²) in [6.07, 6.45) is 13.4. The lowest BCUT2D eigenvalue weighted by Gasteiger charge is -2.08. The third kappa shape index (κ3) is 33.0. The Hall–Kier alpha value is -1.07. The van der Waals surface area contributed by atoms with Crippen molar-refractivity contribution in [2.45, 2.75) is 71.1 Å². The minimum atomic E-state index is -0.131. The predicted molar refractivity (Wildman–Crippen MR) is 149 cm³/mol. The van der Waals surface area contributed by atoms with Gasteiger partial charge in [-0.15, -0.1) is 6.58 Å². The molecular formula is C29H56O9. The third-order valence-corrected chi connectivity index (χ3v) is 5.44. The van der Waals surface area contributed by atoms with Gasteiger partial charge in [0.25, 0.3) is 0 Å². The summed E-state index contributed by atoms with van der Waals surface area (Å²) in [6.45, 7) is 13.3. The molecule has 0 rings (SSSR count). The van der Waals surface area contributed by atoms with Gasteiger partial charge in [0.05, 0.1) is 92.5 Å². The third-order valence-electron chi connectivity index (χ3n) is 5.44. The maximum atomic E-state index is 11.7. The predicted octanol–water partition coefficient (Wildman–Crippen LogP) is 4.75. The zero-order valence-corrected chi connectivity index (χ0v) is 24.1. The van der Waals surface area contributed by atoms with Crippen molar-refractivity contribution in [3.05, 3.63) is 12.7 Å². The molecule has 0 aromatic heterocycles. The first-order valence-electron chi connectivity index (χ1n) is 14.6. The van der Waals surface area contributed by atoms with Crippen LogP contribution in [0.4, 0.5) is 0 Å². The molecule has 0 heterocycles. The number of carbonyl (C=O) groups excluding carboxylic acids is 1. The van der Waals surface area contributed by atoms with E-state index in [0.29, 0.717) is 106 Å². The fourth-order valence-corrected chi connectivity index (χ4v) is 3.35. The highest BCUT2D eigenvalue weighted by Gasteiger charge is 2.02. The summed E-state index contributed by atoms with van der Waals surface area (Å²) in [7, 11) is 0. The number of unbranched alkanes of at least 4 members (excludes halogenated alkanes) is 8. The van der Waals surface area contributed by atoms with Gasteiger partial charge in [-0.25, -0.2) is 0 Å². The molecule has 9 heteroatoms. The average Bonchev–Trinajstić information content (AvgIpc) is 2.92. The molecule has 0 unspecified atom stereocenters. The standard InChI is InChI=1S/C29H56O9/c1-3-5-6-7-8-9-10-11-12-13-29(30)38-28-27-37-26-25-36-24-23-35-22-21-34-20-19-33-18-17-32-16-15-31-14-4-2/h4H,2-3,5-28H2,1H3. The van der Waals surface area contributed by atoms with Crippen LogP contribution in [0.1, 0.15) is 71.1 Å². The fraction of sp³-hybridized carbons (Fsp3) is 0.897. The highest BCUT2D eigenvalue weighted by Crippen LogP contribution is 2.10. The van der Waals surface area contributed by atoms with E-state index in [1.807, 2.05) is 0 Å². The highest BCUT2D eigenvalue weighted by atomic mass is 16.6. The molecule has 0 fully saturated rings. The minimum absolute atomic E-state index is 0.131. The Morgan fingerprint density at radius 1 is 0.500 bits per heavy atom. The number of esters is 1. The molecule has 226 valence electrons. The van der Waals surface area contributed by atoms with Crippen LogP contribution in [0, 0.1) is 0 Å². The Labute approximate surface area is 231 Å². The molecule has 0 radical (unpaired) electrons. The second-order valence-corrected chi connectivity index (χ2v) is 8.84. The molecule has 0 atom stereocenters. The Morgan fingerprint density at radius 2 is 0.842 bits per heavy atom. The van der Waals surface area contributed by atoms with Gasteiger partial charge in [-0.2, -0.15) is 0 Å². The smallest absolute Gasteiger partial charge is 0.305 e. The van der Waals surface area contributed by atoms with Gasteiger partial charge >= 0.3 is 5.97 Å². The van der Waals surface area contributed by atoms with E-state index in [0.717, 1.165) is 12.8 Å². The van der Waals surface area contributed by atoms with E-state index >= 15 is 0 Å². The van der Waals surface area contributed by atoms with Crippen molar-refractivity contribution < 1.29 is 42.7 Å². The van der Waals surface area contributed by atoms with Gasteiger partial charge in [0.2, 0.25) is 0 Å². The zero-order chi connectivity index (χ0) is 27.6. The number of ether oxygens (including phenoxy) is 8. The van der Waals surface area contributed by atoms with E-state index in [2.05, 4.69) is 13.5 Å². The van der Waals surface area contributed by atoms with Crippen molar-refractivity contribution in [1.82, 2.24) is 0 Å². The van der Waals surface area contributed by atoms with Crippen molar-refractivity contribution >= 4 is 5.97 Å². The molecule has 38 heavy (non-hydrogen) atoms. The Morgan fingerprint density at radius 3 is 1.24 bits per heavy atom. The van der Waals surface area contributed by atoms with Crippen LogP contribution in [0.2, 0.25) is 0 Å². The van der Waals surface area contributed by atoms with Crippen molar-refractivity contribution in [2.75, 3.05) is 99.1 Å². The van der Waals surface area contributed by atoms with Crippen molar-refractivity contribution in [2.24, 2.45) is 0 Å².